The number of carbonyl (C=O) groups is 1. The maximum absolute atomic E-state index is 11.7. The van der Waals surface area contributed by atoms with Gasteiger partial charge in [0.1, 0.15) is 0 Å². The molecule has 0 spiro atoms. The molecule has 3 heteroatoms. The summed E-state index contributed by atoms with van der Waals surface area (Å²) >= 11 is 0. The zero-order chi connectivity index (χ0) is 19.8. The van der Waals surface area contributed by atoms with Crippen LogP contribution in [0.25, 0.3) is 0 Å². The first-order valence-electron chi connectivity index (χ1n) is 12.2. The van der Waals surface area contributed by atoms with Crippen LogP contribution in [0, 0.1) is 0 Å². The Morgan fingerprint density at radius 3 is 1.59 bits per heavy atom. The largest absolute Gasteiger partial charge is 0.466 e. The lowest BCUT2D eigenvalue weighted by atomic mass is 10.1. The molecule has 0 fully saturated rings. The summed E-state index contributed by atoms with van der Waals surface area (Å²) in [5.41, 5.74) is 0. The third kappa shape index (κ3) is 23.4. The van der Waals surface area contributed by atoms with Gasteiger partial charge in [-0.05, 0) is 38.8 Å². The van der Waals surface area contributed by atoms with Crippen molar-refractivity contribution in [3.8, 4) is 0 Å². The van der Waals surface area contributed by atoms with Crippen LogP contribution in [-0.2, 0) is 9.53 Å². The topological polar surface area (TPSA) is 38.3 Å². The van der Waals surface area contributed by atoms with Gasteiger partial charge < -0.3 is 10.1 Å². The van der Waals surface area contributed by atoms with Crippen molar-refractivity contribution in [2.45, 2.75) is 129 Å². The van der Waals surface area contributed by atoms with Crippen LogP contribution in [0.3, 0.4) is 0 Å². The lowest BCUT2D eigenvalue weighted by Crippen LogP contribution is -2.16. The molecule has 0 unspecified atom stereocenters. The van der Waals surface area contributed by atoms with Gasteiger partial charge in [0.2, 0.25) is 0 Å². The average molecular weight is 384 g/mol. The predicted octanol–water partition coefficient (Wildman–Crippen LogP) is 7.18. The van der Waals surface area contributed by atoms with Crippen LogP contribution in [0.5, 0.6) is 0 Å². The molecule has 0 radical (unpaired) electrons. The Hall–Kier alpha value is -0.570. The predicted molar refractivity (Wildman–Crippen MR) is 118 cm³/mol. The number of hydrogen-bond acceptors (Lipinski definition) is 3. The SMILES string of the molecule is CCCCCCCCNCCCCCCCC(=O)OCCCCCCCC. The van der Waals surface area contributed by atoms with Gasteiger partial charge in [-0.15, -0.1) is 0 Å². The summed E-state index contributed by atoms with van der Waals surface area (Å²) in [6.45, 7) is 7.45. The van der Waals surface area contributed by atoms with E-state index in [9.17, 15) is 4.79 Å². The average Bonchev–Trinajstić information content (AvgIpc) is 2.67. The van der Waals surface area contributed by atoms with Crippen LogP contribution in [-0.4, -0.2) is 25.7 Å². The quantitative estimate of drug-likeness (QED) is 0.159. The summed E-state index contributed by atoms with van der Waals surface area (Å²) in [5, 5.41) is 3.56. The molecule has 27 heavy (non-hydrogen) atoms. The van der Waals surface area contributed by atoms with E-state index in [1.54, 1.807) is 0 Å². The molecule has 0 aromatic carbocycles. The van der Waals surface area contributed by atoms with Crippen molar-refractivity contribution >= 4 is 5.97 Å². The van der Waals surface area contributed by atoms with E-state index in [0.29, 0.717) is 13.0 Å². The summed E-state index contributed by atoms with van der Waals surface area (Å²) in [7, 11) is 0. The number of hydrogen-bond donors (Lipinski definition) is 1. The Morgan fingerprint density at radius 2 is 1.04 bits per heavy atom. The van der Waals surface area contributed by atoms with Gasteiger partial charge in [-0.1, -0.05) is 97.3 Å². The molecule has 0 atom stereocenters. The van der Waals surface area contributed by atoms with E-state index < -0.39 is 0 Å². The fraction of sp³-hybridized carbons (Fsp3) is 0.958. The maximum Gasteiger partial charge on any atom is 0.305 e. The fourth-order valence-corrected chi connectivity index (χ4v) is 3.35. The molecule has 0 aromatic heterocycles. The summed E-state index contributed by atoms with van der Waals surface area (Å²) in [6.07, 6.45) is 22.2. The molecular formula is C24H49NO2. The first kappa shape index (κ1) is 26.4. The molecular weight excluding hydrogens is 334 g/mol. The van der Waals surface area contributed by atoms with Crippen LogP contribution in [0.4, 0.5) is 0 Å². The second-order valence-corrected chi connectivity index (χ2v) is 8.02. The number of esters is 1. The highest BCUT2D eigenvalue weighted by atomic mass is 16.5. The van der Waals surface area contributed by atoms with Crippen molar-refractivity contribution < 1.29 is 9.53 Å². The van der Waals surface area contributed by atoms with Gasteiger partial charge in [-0.3, -0.25) is 4.79 Å². The van der Waals surface area contributed by atoms with Crippen LogP contribution < -0.4 is 5.32 Å². The molecule has 162 valence electrons. The monoisotopic (exact) mass is 383 g/mol. The van der Waals surface area contributed by atoms with Gasteiger partial charge in [0.05, 0.1) is 6.61 Å². The Balaban J connectivity index is 3.11. The third-order valence-corrected chi connectivity index (χ3v) is 5.20. The van der Waals surface area contributed by atoms with Crippen molar-refractivity contribution in [3.05, 3.63) is 0 Å². The molecule has 1 N–H and O–H groups in total. The standard InChI is InChI=1S/C24H49NO2/c1-3-5-7-9-13-17-21-25-22-18-14-11-12-16-20-24(26)27-23-19-15-10-8-6-4-2/h25H,3-23H2,1-2H3. The molecule has 0 bridgehead atoms. The van der Waals surface area contributed by atoms with Gasteiger partial charge >= 0.3 is 5.97 Å². The molecule has 0 saturated heterocycles. The van der Waals surface area contributed by atoms with Crippen molar-refractivity contribution in [1.82, 2.24) is 5.32 Å². The summed E-state index contributed by atoms with van der Waals surface area (Å²) < 4.78 is 5.31. The lowest BCUT2D eigenvalue weighted by molar-refractivity contribution is -0.143. The minimum Gasteiger partial charge on any atom is -0.466 e. The molecule has 0 aliphatic rings. The zero-order valence-corrected chi connectivity index (χ0v) is 18.7. The van der Waals surface area contributed by atoms with Crippen LogP contribution in [0.2, 0.25) is 0 Å². The third-order valence-electron chi connectivity index (χ3n) is 5.20. The van der Waals surface area contributed by atoms with E-state index >= 15 is 0 Å². The Labute approximate surface area is 170 Å². The highest BCUT2D eigenvalue weighted by molar-refractivity contribution is 5.69. The van der Waals surface area contributed by atoms with Gasteiger partial charge in [0.15, 0.2) is 0 Å². The van der Waals surface area contributed by atoms with Gasteiger partial charge in [0.25, 0.3) is 0 Å². The highest BCUT2D eigenvalue weighted by Crippen LogP contribution is 2.08. The van der Waals surface area contributed by atoms with E-state index in [2.05, 4.69) is 19.2 Å². The molecule has 0 saturated carbocycles. The molecule has 0 heterocycles. The molecule has 0 rings (SSSR count). The van der Waals surface area contributed by atoms with Crippen LogP contribution >= 0.6 is 0 Å². The van der Waals surface area contributed by atoms with E-state index in [4.69, 9.17) is 4.74 Å². The number of ether oxygens (including phenoxy) is 1. The number of carbonyl (C=O) groups excluding carboxylic acids is 1. The molecule has 0 aliphatic heterocycles. The minimum atomic E-state index is 0.00385. The summed E-state index contributed by atoms with van der Waals surface area (Å²) in [6, 6.07) is 0. The van der Waals surface area contributed by atoms with Crippen molar-refractivity contribution in [2.24, 2.45) is 0 Å². The zero-order valence-electron chi connectivity index (χ0n) is 18.7. The second kappa shape index (κ2) is 23.5. The molecule has 0 amide bonds. The smallest absolute Gasteiger partial charge is 0.305 e. The van der Waals surface area contributed by atoms with E-state index in [0.717, 1.165) is 25.8 Å². The molecule has 0 aromatic rings. The van der Waals surface area contributed by atoms with Gasteiger partial charge in [-0.2, -0.15) is 0 Å². The maximum atomic E-state index is 11.7. The lowest BCUT2D eigenvalue weighted by Gasteiger charge is -2.06. The Morgan fingerprint density at radius 1 is 0.593 bits per heavy atom. The number of nitrogens with one attached hydrogen (secondary N) is 1. The highest BCUT2D eigenvalue weighted by Gasteiger charge is 2.02. The minimum absolute atomic E-state index is 0.00385. The van der Waals surface area contributed by atoms with Crippen LogP contribution in [0.15, 0.2) is 0 Å². The Kier molecular flexibility index (Phi) is 23.0. The van der Waals surface area contributed by atoms with Crippen molar-refractivity contribution in [3.63, 3.8) is 0 Å². The normalized spacial score (nSPS) is 11.0. The fourth-order valence-electron chi connectivity index (χ4n) is 3.35. The summed E-state index contributed by atoms with van der Waals surface area (Å²) in [5.74, 6) is 0.00385. The molecule has 0 aliphatic carbocycles. The first-order chi connectivity index (χ1) is 13.3. The first-order valence-corrected chi connectivity index (χ1v) is 12.2. The van der Waals surface area contributed by atoms with E-state index in [1.807, 2.05) is 0 Å². The number of unbranched alkanes of at least 4 members (excludes halogenated alkanes) is 14. The second-order valence-electron chi connectivity index (χ2n) is 8.02. The van der Waals surface area contributed by atoms with Gasteiger partial charge in [0, 0.05) is 6.42 Å². The van der Waals surface area contributed by atoms with Crippen molar-refractivity contribution in [2.75, 3.05) is 19.7 Å². The summed E-state index contributed by atoms with van der Waals surface area (Å²) in [4.78, 5) is 11.7. The van der Waals surface area contributed by atoms with Gasteiger partial charge in [-0.25, -0.2) is 0 Å². The Bertz CT molecular complexity index is 294. The molecule has 3 nitrogen and oxygen atoms in total. The van der Waals surface area contributed by atoms with E-state index in [-0.39, 0.29) is 5.97 Å². The van der Waals surface area contributed by atoms with Crippen LogP contribution in [0.1, 0.15) is 129 Å². The van der Waals surface area contributed by atoms with Crippen molar-refractivity contribution in [1.29, 1.82) is 0 Å². The van der Waals surface area contributed by atoms with E-state index in [1.165, 1.54) is 96.4 Å². The number of rotatable bonds is 22.